The van der Waals surface area contributed by atoms with Gasteiger partial charge in [0.05, 0.1) is 11.5 Å². The third-order valence-electron chi connectivity index (χ3n) is 2.52. The van der Waals surface area contributed by atoms with Gasteiger partial charge in [-0.2, -0.15) is 0 Å². The maximum absolute atomic E-state index is 10.6. The van der Waals surface area contributed by atoms with Gasteiger partial charge in [0, 0.05) is 23.7 Å². The third kappa shape index (κ3) is 1.92. The van der Waals surface area contributed by atoms with E-state index in [1.165, 1.54) is 12.1 Å². The van der Waals surface area contributed by atoms with Crippen LogP contribution in [0.15, 0.2) is 18.2 Å². The highest BCUT2D eigenvalue weighted by atomic mass is 16.6. The minimum Gasteiger partial charge on any atom is -0.493 e. The van der Waals surface area contributed by atoms with Crippen molar-refractivity contribution in [3.05, 3.63) is 33.9 Å². The average molecular weight is 208 g/mol. The summed E-state index contributed by atoms with van der Waals surface area (Å²) in [7, 11) is 0. The van der Waals surface area contributed by atoms with Crippen molar-refractivity contribution >= 4 is 5.69 Å². The molecule has 0 spiro atoms. The number of nitrogens with zero attached hydrogens (tertiary/aromatic N) is 1. The molecule has 0 radical (unpaired) electrons. The second kappa shape index (κ2) is 3.86. The predicted octanol–water partition coefficient (Wildman–Crippen LogP) is 1.77. The monoisotopic (exact) mass is 208 g/mol. The van der Waals surface area contributed by atoms with E-state index in [9.17, 15) is 10.1 Å². The lowest BCUT2D eigenvalue weighted by molar-refractivity contribution is -0.385. The van der Waals surface area contributed by atoms with Gasteiger partial charge < -0.3 is 10.5 Å². The summed E-state index contributed by atoms with van der Waals surface area (Å²) >= 11 is 0. The molecule has 2 N–H and O–H groups in total. The Morgan fingerprint density at radius 1 is 1.53 bits per heavy atom. The van der Waals surface area contributed by atoms with Crippen molar-refractivity contribution in [3.63, 3.8) is 0 Å². The van der Waals surface area contributed by atoms with Gasteiger partial charge >= 0.3 is 0 Å². The molecule has 80 valence electrons. The summed E-state index contributed by atoms with van der Waals surface area (Å²) < 4.78 is 5.45. The number of nitro benzene ring substituents is 1. The van der Waals surface area contributed by atoms with Crippen LogP contribution in [0.1, 0.15) is 24.4 Å². The molecular weight excluding hydrogens is 196 g/mol. The standard InChI is InChI=1S/C10H12N2O3/c11-9-2-1-5-15-10-4-3-7(12(13)14)6-8(9)10/h3-4,6,9H,1-2,5,11H2. The van der Waals surface area contributed by atoms with Crippen molar-refractivity contribution in [3.8, 4) is 5.75 Å². The van der Waals surface area contributed by atoms with Crippen molar-refractivity contribution in [2.45, 2.75) is 18.9 Å². The summed E-state index contributed by atoms with van der Waals surface area (Å²) in [6.07, 6.45) is 1.68. The quantitative estimate of drug-likeness (QED) is 0.563. The maximum Gasteiger partial charge on any atom is 0.270 e. The van der Waals surface area contributed by atoms with Crippen LogP contribution in [-0.4, -0.2) is 11.5 Å². The molecule has 1 heterocycles. The number of benzene rings is 1. The van der Waals surface area contributed by atoms with Gasteiger partial charge in [0.25, 0.3) is 5.69 Å². The van der Waals surface area contributed by atoms with Crippen LogP contribution in [0.4, 0.5) is 5.69 Å². The van der Waals surface area contributed by atoms with Crippen LogP contribution in [0.3, 0.4) is 0 Å². The molecule has 1 unspecified atom stereocenters. The van der Waals surface area contributed by atoms with Gasteiger partial charge in [-0.3, -0.25) is 10.1 Å². The normalized spacial score (nSPS) is 19.9. The molecule has 0 amide bonds. The Balaban J connectivity index is 2.44. The summed E-state index contributed by atoms with van der Waals surface area (Å²) in [5.74, 6) is 0.672. The largest absolute Gasteiger partial charge is 0.493 e. The molecule has 0 saturated carbocycles. The lowest BCUT2D eigenvalue weighted by atomic mass is 10.0. The Kier molecular flexibility index (Phi) is 2.55. The summed E-state index contributed by atoms with van der Waals surface area (Å²) in [4.78, 5) is 10.2. The zero-order chi connectivity index (χ0) is 10.8. The van der Waals surface area contributed by atoms with Gasteiger partial charge in [0.2, 0.25) is 0 Å². The molecule has 0 fully saturated rings. The number of nitrogens with two attached hydrogens (primary N) is 1. The second-order valence-corrected chi connectivity index (χ2v) is 3.58. The van der Waals surface area contributed by atoms with E-state index in [1.54, 1.807) is 6.07 Å². The minimum atomic E-state index is -0.419. The van der Waals surface area contributed by atoms with E-state index >= 15 is 0 Å². The molecule has 2 rings (SSSR count). The Morgan fingerprint density at radius 3 is 3.07 bits per heavy atom. The van der Waals surface area contributed by atoms with Gasteiger partial charge in [0.1, 0.15) is 5.75 Å². The van der Waals surface area contributed by atoms with Crippen molar-refractivity contribution in [1.82, 2.24) is 0 Å². The zero-order valence-electron chi connectivity index (χ0n) is 8.18. The predicted molar refractivity (Wildman–Crippen MR) is 54.8 cm³/mol. The van der Waals surface area contributed by atoms with Crippen molar-refractivity contribution in [2.24, 2.45) is 5.73 Å². The van der Waals surface area contributed by atoms with Crippen LogP contribution < -0.4 is 10.5 Å². The average Bonchev–Trinajstić information content (AvgIpc) is 2.40. The highest BCUT2D eigenvalue weighted by Crippen LogP contribution is 2.32. The van der Waals surface area contributed by atoms with Crippen LogP contribution >= 0.6 is 0 Å². The maximum atomic E-state index is 10.6. The highest BCUT2D eigenvalue weighted by molar-refractivity contribution is 5.45. The first kappa shape index (κ1) is 9.92. The molecule has 15 heavy (non-hydrogen) atoms. The fraction of sp³-hybridized carbons (Fsp3) is 0.400. The Hall–Kier alpha value is -1.62. The van der Waals surface area contributed by atoms with E-state index in [0.717, 1.165) is 18.4 Å². The smallest absolute Gasteiger partial charge is 0.270 e. The van der Waals surface area contributed by atoms with Gasteiger partial charge in [0.15, 0.2) is 0 Å². The van der Waals surface area contributed by atoms with Crippen LogP contribution in [0.2, 0.25) is 0 Å². The second-order valence-electron chi connectivity index (χ2n) is 3.58. The topological polar surface area (TPSA) is 78.4 Å². The molecule has 0 aromatic heterocycles. The van der Waals surface area contributed by atoms with Crippen molar-refractivity contribution in [2.75, 3.05) is 6.61 Å². The molecular formula is C10H12N2O3. The van der Waals surface area contributed by atoms with E-state index < -0.39 is 4.92 Å². The Morgan fingerprint density at radius 2 is 2.33 bits per heavy atom. The number of rotatable bonds is 1. The van der Waals surface area contributed by atoms with Gasteiger partial charge in [-0.05, 0) is 18.9 Å². The molecule has 1 aromatic rings. The SMILES string of the molecule is NC1CCCOc2ccc([N+](=O)[O-])cc21. The highest BCUT2D eigenvalue weighted by Gasteiger charge is 2.19. The Bertz CT molecular complexity index is 392. The van der Waals surface area contributed by atoms with E-state index in [2.05, 4.69) is 0 Å². The lowest BCUT2D eigenvalue weighted by Gasteiger charge is -2.10. The third-order valence-corrected chi connectivity index (χ3v) is 2.52. The zero-order valence-corrected chi connectivity index (χ0v) is 8.18. The molecule has 1 aromatic carbocycles. The first-order valence-electron chi connectivity index (χ1n) is 4.85. The molecule has 1 atom stereocenters. The fourth-order valence-corrected chi connectivity index (χ4v) is 1.71. The number of fused-ring (bicyclic) bond motifs is 1. The van der Waals surface area contributed by atoms with Crippen molar-refractivity contribution in [1.29, 1.82) is 0 Å². The number of ether oxygens (including phenoxy) is 1. The van der Waals surface area contributed by atoms with Gasteiger partial charge in [-0.15, -0.1) is 0 Å². The number of hydrogen-bond donors (Lipinski definition) is 1. The summed E-state index contributed by atoms with van der Waals surface area (Å²) in [5.41, 5.74) is 6.72. The van der Waals surface area contributed by atoms with E-state index in [0.29, 0.717) is 12.4 Å². The Labute approximate surface area is 87.0 Å². The van der Waals surface area contributed by atoms with Crippen LogP contribution in [0.5, 0.6) is 5.75 Å². The van der Waals surface area contributed by atoms with Crippen molar-refractivity contribution < 1.29 is 9.66 Å². The van der Waals surface area contributed by atoms with Crippen LogP contribution in [0, 0.1) is 10.1 Å². The number of non-ortho nitro benzene ring substituents is 1. The minimum absolute atomic E-state index is 0.0645. The molecule has 5 nitrogen and oxygen atoms in total. The van der Waals surface area contributed by atoms with Crippen LogP contribution in [0.25, 0.3) is 0 Å². The van der Waals surface area contributed by atoms with Gasteiger partial charge in [-0.25, -0.2) is 0 Å². The molecule has 0 aliphatic carbocycles. The molecule has 1 aliphatic rings. The summed E-state index contributed by atoms with van der Waals surface area (Å²) in [6.45, 7) is 0.624. The van der Waals surface area contributed by atoms with E-state index in [1.807, 2.05) is 0 Å². The molecule has 0 bridgehead atoms. The lowest BCUT2D eigenvalue weighted by Crippen LogP contribution is -2.09. The van der Waals surface area contributed by atoms with E-state index in [-0.39, 0.29) is 11.7 Å². The first-order chi connectivity index (χ1) is 7.18. The van der Waals surface area contributed by atoms with Gasteiger partial charge in [-0.1, -0.05) is 0 Å². The van der Waals surface area contributed by atoms with Crippen LogP contribution in [-0.2, 0) is 0 Å². The first-order valence-corrected chi connectivity index (χ1v) is 4.85. The fourth-order valence-electron chi connectivity index (χ4n) is 1.71. The molecule has 5 heteroatoms. The van der Waals surface area contributed by atoms with E-state index in [4.69, 9.17) is 10.5 Å². The summed E-state index contributed by atoms with van der Waals surface area (Å²) in [5, 5.41) is 10.6. The number of hydrogen-bond acceptors (Lipinski definition) is 4. The number of nitro groups is 1. The molecule has 1 aliphatic heterocycles. The summed E-state index contributed by atoms with van der Waals surface area (Å²) in [6, 6.07) is 4.41. The molecule has 0 saturated heterocycles.